The van der Waals surface area contributed by atoms with E-state index in [1.54, 1.807) is 30.3 Å². The fraction of sp³-hybridized carbons (Fsp3) is 0.0690. The summed E-state index contributed by atoms with van der Waals surface area (Å²) in [5, 5.41) is 2.32. The zero-order valence-electron chi connectivity index (χ0n) is 19.5. The van der Waals surface area contributed by atoms with Crippen molar-refractivity contribution in [3.63, 3.8) is 0 Å². The molecule has 0 aliphatic rings. The number of amides is 1. The number of aromatic nitrogens is 1. The SMILES string of the molecule is O=C(c1cc2c(ccc3ccccc32)oc1=O)N(Cc1ccccc1)c1nc2c(C(F)(F)F)cccc2s1. The Morgan fingerprint density at radius 1 is 0.895 bits per heavy atom. The van der Waals surface area contributed by atoms with E-state index in [1.807, 2.05) is 36.4 Å². The quantitative estimate of drug-likeness (QED) is 0.176. The van der Waals surface area contributed by atoms with E-state index in [2.05, 4.69) is 4.98 Å². The fourth-order valence-corrected chi connectivity index (χ4v) is 5.43. The molecule has 0 unspecified atom stereocenters. The average Bonchev–Trinajstić information content (AvgIpc) is 3.35. The first-order valence-corrected chi connectivity index (χ1v) is 12.4. The summed E-state index contributed by atoms with van der Waals surface area (Å²) in [6, 6.07) is 25.2. The lowest BCUT2D eigenvalue weighted by atomic mass is 10.0. The second-order valence-electron chi connectivity index (χ2n) is 8.67. The van der Waals surface area contributed by atoms with E-state index in [0.717, 1.165) is 28.2 Å². The number of alkyl halides is 3. The van der Waals surface area contributed by atoms with Gasteiger partial charge in [-0.05, 0) is 40.6 Å². The number of nitrogens with zero attached hydrogens (tertiary/aromatic N) is 2. The fourth-order valence-electron chi connectivity index (χ4n) is 4.44. The Morgan fingerprint density at radius 3 is 2.45 bits per heavy atom. The summed E-state index contributed by atoms with van der Waals surface area (Å²) >= 11 is 0.951. The van der Waals surface area contributed by atoms with E-state index < -0.39 is 23.3 Å². The van der Waals surface area contributed by atoms with Crippen molar-refractivity contribution in [2.45, 2.75) is 12.7 Å². The molecule has 0 radical (unpaired) electrons. The van der Waals surface area contributed by atoms with Crippen molar-refractivity contribution in [3.8, 4) is 0 Å². The van der Waals surface area contributed by atoms with Crippen LogP contribution >= 0.6 is 11.3 Å². The van der Waals surface area contributed by atoms with Crippen LogP contribution in [-0.4, -0.2) is 10.9 Å². The van der Waals surface area contributed by atoms with Crippen LogP contribution in [0.5, 0.6) is 0 Å². The Balaban J connectivity index is 1.53. The molecular formula is C29H17F3N2O3S. The van der Waals surface area contributed by atoms with Gasteiger partial charge < -0.3 is 4.42 Å². The summed E-state index contributed by atoms with van der Waals surface area (Å²) in [4.78, 5) is 32.4. The minimum Gasteiger partial charge on any atom is -0.422 e. The van der Waals surface area contributed by atoms with Gasteiger partial charge in [0.15, 0.2) is 5.13 Å². The third kappa shape index (κ3) is 4.20. The van der Waals surface area contributed by atoms with Crippen LogP contribution in [0.15, 0.2) is 100 Å². The predicted octanol–water partition coefficient (Wildman–Crippen LogP) is 7.42. The van der Waals surface area contributed by atoms with Gasteiger partial charge in [-0.1, -0.05) is 78.1 Å². The number of rotatable bonds is 4. The van der Waals surface area contributed by atoms with Crippen LogP contribution in [0, 0.1) is 0 Å². The van der Waals surface area contributed by atoms with Gasteiger partial charge in [0.05, 0.1) is 22.3 Å². The monoisotopic (exact) mass is 530 g/mol. The van der Waals surface area contributed by atoms with Crippen molar-refractivity contribution in [3.05, 3.63) is 118 Å². The molecule has 4 aromatic carbocycles. The number of anilines is 1. The molecule has 0 fully saturated rings. The van der Waals surface area contributed by atoms with Gasteiger partial charge in [0, 0.05) is 5.39 Å². The maximum Gasteiger partial charge on any atom is 0.418 e. The summed E-state index contributed by atoms with van der Waals surface area (Å²) in [7, 11) is 0. The molecule has 2 heterocycles. The summed E-state index contributed by atoms with van der Waals surface area (Å²) in [5.41, 5.74) is -1.17. The third-order valence-electron chi connectivity index (χ3n) is 6.25. The summed E-state index contributed by atoms with van der Waals surface area (Å²) in [6.45, 7) is -0.00609. The highest BCUT2D eigenvalue weighted by molar-refractivity contribution is 7.22. The Hall–Kier alpha value is -4.50. The van der Waals surface area contributed by atoms with Gasteiger partial charge in [-0.2, -0.15) is 13.2 Å². The number of halogens is 3. The molecule has 0 spiro atoms. The smallest absolute Gasteiger partial charge is 0.418 e. The van der Waals surface area contributed by atoms with Crippen LogP contribution in [0.2, 0.25) is 0 Å². The first-order chi connectivity index (χ1) is 18.3. The second kappa shape index (κ2) is 9.11. The predicted molar refractivity (Wildman–Crippen MR) is 142 cm³/mol. The van der Waals surface area contributed by atoms with Gasteiger partial charge in [0.25, 0.3) is 5.91 Å². The topological polar surface area (TPSA) is 63.4 Å². The number of hydrogen-bond donors (Lipinski definition) is 0. The minimum absolute atomic E-state index is 0.00609. The Labute approximate surface area is 217 Å². The van der Waals surface area contributed by atoms with Gasteiger partial charge in [-0.3, -0.25) is 9.69 Å². The molecule has 6 aromatic rings. The van der Waals surface area contributed by atoms with Gasteiger partial charge in [-0.25, -0.2) is 9.78 Å². The first-order valence-electron chi connectivity index (χ1n) is 11.6. The lowest BCUT2D eigenvalue weighted by Crippen LogP contribution is -2.33. The van der Waals surface area contributed by atoms with Crippen LogP contribution in [0.4, 0.5) is 18.3 Å². The molecule has 6 rings (SSSR count). The molecule has 2 aromatic heterocycles. The standard InChI is InChI=1S/C29H17F3N2O3S/c30-29(31,32)22-11-6-12-24-25(22)33-28(38-24)34(16-17-7-2-1-3-8-17)26(35)21-15-20-19-10-5-4-9-18(19)13-14-23(20)37-27(21)36/h1-15H,16H2. The first kappa shape index (κ1) is 23.9. The molecule has 38 heavy (non-hydrogen) atoms. The largest absolute Gasteiger partial charge is 0.422 e. The molecule has 0 atom stereocenters. The molecule has 0 saturated heterocycles. The van der Waals surface area contributed by atoms with Crippen molar-refractivity contribution in [2.24, 2.45) is 0 Å². The molecule has 0 aliphatic carbocycles. The molecule has 1 amide bonds. The van der Waals surface area contributed by atoms with E-state index in [4.69, 9.17) is 4.42 Å². The molecular weight excluding hydrogens is 513 g/mol. The van der Waals surface area contributed by atoms with Crippen LogP contribution in [0.3, 0.4) is 0 Å². The molecule has 0 saturated carbocycles. The Bertz CT molecular complexity index is 1900. The zero-order chi connectivity index (χ0) is 26.4. The minimum atomic E-state index is -4.61. The number of carbonyl (C=O) groups excluding carboxylic acids is 1. The lowest BCUT2D eigenvalue weighted by Gasteiger charge is -2.20. The number of hydrogen-bond acceptors (Lipinski definition) is 5. The summed E-state index contributed by atoms with van der Waals surface area (Å²) < 4.78 is 46.8. The van der Waals surface area contributed by atoms with E-state index in [1.165, 1.54) is 23.1 Å². The number of fused-ring (bicyclic) bond motifs is 4. The van der Waals surface area contributed by atoms with Crippen LogP contribution in [0.25, 0.3) is 32.0 Å². The summed E-state index contributed by atoms with van der Waals surface area (Å²) in [5.74, 6) is -0.718. The zero-order valence-corrected chi connectivity index (χ0v) is 20.3. The number of para-hydroxylation sites is 1. The van der Waals surface area contributed by atoms with E-state index in [9.17, 15) is 22.8 Å². The Kier molecular flexibility index (Phi) is 5.72. The molecule has 0 bridgehead atoms. The van der Waals surface area contributed by atoms with Gasteiger partial charge in [-0.15, -0.1) is 0 Å². The number of benzene rings is 4. The number of carbonyl (C=O) groups is 1. The normalized spacial score (nSPS) is 11.9. The van der Waals surface area contributed by atoms with Gasteiger partial charge >= 0.3 is 11.8 Å². The highest BCUT2D eigenvalue weighted by atomic mass is 32.1. The van der Waals surface area contributed by atoms with Gasteiger partial charge in [0.1, 0.15) is 11.1 Å². The van der Waals surface area contributed by atoms with Crippen molar-refractivity contribution in [1.29, 1.82) is 0 Å². The highest BCUT2D eigenvalue weighted by Gasteiger charge is 2.34. The molecule has 188 valence electrons. The van der Waals surface area contributed by atoms with E-state index >= 15 is 0 Å². The van der Waals surface area contributed by atoms with Gasteiger partial charge in [0.2, 0.25) is 0 Å². The van der Waals surface area contributed by atoms with Crippen LogP contribution < -0.4 is 10.5 Å². The summed E-state index contributed by atoms with van der Waals surface area (Å²) in [6.07, 6.45) is -4.61. The number of thiazole rings is 1. The molecule has 9 heteroatoms. The Morgan fingerprint density at radius 2 is 1.66 bits per heavy atom. The van der Waals surface area contributed by atoms with Crippen LogP contribution in [0.1, 0.15) is 21.5 Å². The van der Waals surface area contributed by atoms with E-state index in [-0.39, 0.29) is 27.5 Å². The van der Waals surface area contributed by atoms with E-state index in [0.29, 0.717) is 16.5 Å². The molecule has 5 nitrogen and oxygen atoms in total. The maximum absolute atomic E-state index is 13.9. The maximum atomic E-state index is 13.9. The van der Waals surface area contributed by atoms with Crippen molar-refractivity contribution >= 4 is 54.3 Å². The molecule has 0 N–H and O–H groups in total. The third-order valence-corrected chi connectivity index (χ3v) is 7.29. The lowest BCUT2D eigenvalue weighted by molar-refractivity contribution is -0.136. The second-order valence-corrected chi connectivity index (χ2v) is 9.68. The molecule has 0 aliphatic heterocycles. The van der Waals surface area contributed by atoms with Crippen molar-refractivity contribution in [2.75, 3.05) is 4.90 Å². The average molecular weight is 531 g/mol. The highest BCUT2D eigenvalue weighted by Crippen LogP contribution is 2.39. The van der Waals surface area contributed by atoms with Crippen LogP contribution in [-0.2, 0) is 12.7 Å². The van der Waals surface area contributed by atoms with Crippen molar-refractivity contribution in [1.82, 2.24) is 4.98 Å². The van der Waals surface area contributed by atoms with Crippen molar-refractivity contribution < 1.29 is 22.4 Å².